The number of sulfonamides is 1. The van der Waals surface area contributed by atoms with Crippen LogP contribution in [0.1, 0.15) is 16.7 Å². The first-order chi connectivity index (χ1) is 9.77. The van der Waals surface area contributed by atoms with Gasteiger partial charge in [-0.2, -0.15) is 5.10 Å². The number of aryl methyl sites for hydroxylation is 2. The minimum Gasteiger partial charge on any atom is -0.496 e. The maximum Gasteiger partial charge on any atom is 0.263 e. The second kappa shape index (κ2) is 5.40. The van der Waals surface area contributed by atoms with Gasteiger partial charge in [0, 0.05) is 13.1 Å². The van der Waals surface area contributed by atoms with E-state index in [1.54, 1.807) is 40.1 Å². The van der Waals surface area contributed by atoms with E-state index < -0.39 is 10.0 Å². The molecule has 0 bridgehead atoms. The molecule has 2 aromatic rings. The Morgan fingerprint density at radius 1 is 1.24 bits per heavy atom. The van der Waals surface area contributed by atoms with E-state index in [0.717, 1.165) is 5.56 Å². The van der Waals surface area contributed by atoms with Crippen molar-refractivity contribution in [3.8, 4) is 5.75 Å². The molecule has 1 aromatic heterocycles. The van der Waals surface area contributed by atoms with Crippen LogP contribution < -0.4 is 9.46 Å². The maximum atomic E-state index is 12.7. The van der Waals surface area contributed by atoms with Crippen molar-refractivity contribution in [3.63, 3.8) is 0 Å². The fraction of sp³-hybridized carbons (Fsp3) is 0.357. The summed E-state index contributed by atoms with van der Waals surface area (Å²) in [5, 5.41) is 3.95. The highest BCUT2D eigenvalue weighted by molar-refractivity contribution is 7.92. The van der Waals surface area contributed by atoms with Gasteiger partial charge in [-0.25, -0.2) is 8.42 Å². The lowest BCUT2D eigenvalue weighted by Gasteiger charge is -2.17. The van der Waals surface area contributed by atoms with Gasteiger partial charge >= 0.3 is 0 Å². The normalized spacial score (nSPS) is 11.5. The molecule has 0 radical (unpaired) electrons. The Labute approximate surface area is 124 Å². The molecular formula is C14H19N3O3S. The first-order valence-corrected chi connectivity index (χ1v) is 7.92. The van der Waals surface area contributed by atoms with Gasteiger partial charge in [0.25, 0.3) is 10.0 Å². The molecule has 114 valence electrons. The minimum atomic E-state index is -3.68. The number of hydrogen-bond donors (Lipinski definition) is 1. The lowest BCUT2D eigenvalue weighted by molar-refractivity contribution is 0.410. The van der Waals surface area contributed by atoms with E-state index in [2.05, 4.69) is 9.82 Å². The standard InChI is InChI=1S/C14H19N3O3S/c1-9-8-12(20-5)10(2)11(3)14(9)21(18,19)16-13-6-7-15-17(13)4/h6-8,16H,1-5H3. The highest BCUT2D eigenvalue weighted by Crippen LogP contribution is 2.31. The van der Waals surface area contributed by atoms with E-state index >= 15 is 0 Å². The number of hydrogen-bond acceptors (Lipinski definition) is 4. The molecule has 0 fully saturated rings. The van der Waals surface area contributed by atoms with E-state index in [-0.39, 0.29) is 4.90 Å². The van der Waals surface area contributed by atoms with Crippen molar-refractivity contribution in [2.45, 2.75) is 25.7 Å². The van der Waals surface area contributed by atoms with Gasteiger partial charge in [0.2, 0.25) is 0 Å². The molecule has 0 spiro atoms. The molecular weight excluding hydrogens is 290 g/mol. The topological polar surface area (TPSA) is 73.2 Å². The first-order valence-electron chi connectivity index (χ1n) is 6.43. The van der Waals surface area contributed by atoms with Gasteiger partial charge in [-0.15, -0.1) is 0 Å². The summed E-state index contributed by atoms with van der Waals surface area (Å²) in [5.41, 5.74) is 2.14. The Bertz CT molecular complexity index is 779. The molecule has 0 unspecified atom stereocenters. The average Bonchev–Trinajstić information content (AvgIpc) is 2.78. The molecule has 1 aromatic carbocycles. The Balaban J connectivity index is 2.55. The van der Waals surface area contributed by atoms with Crippen molar-refractivity contribution in [1.82, 2.24) is 9.78 Å². The van der Waals surface area contributed by atoms with Crippen molar-refractivity contribution in [2.75, 3.05) is 11.8 Å². The molecule has 7 heteroatoms. The molecule has 0 aliphatic rings. The predicted octanol–water partition coefficient (Wildman–Crippen LogP) is 2.15. The highest BCUT2D eigenvalue weighted by atomic mass is 32.2. The third kappa shape index (κ3) is 2.73. The van der Waals surface area contributed by atoms with Gasteiger partial charge in [-0.3, -0.25) is 9.40 Å². The first kappa shape index (κ1) is 15.4. The summed E-state index contributed by atoms with van der Waals surface area (Å²) in [6.07, 6.45) is 1.54. The van der Waals surface area contributed by atoms with Crippen LogP contribution in [0.25, 0.3) is 0 Å². The number of benzene rings is 1. The number of methoxy groups -OCH3 is 1. The van der Waals surface area contributed by atoms with Crippen molar-refractivity contribution in [1.29, 1.82) is 0 Å². The molecule has 1 heterocycles. The van der Waals surface area contributed by atoms with Crippen LogP contribution in [0, 0.1) is 20.8 Å². The number of nitrogens with one attached hydrogen (secondary N) is 1. The second-order valence-electron chi connectivity index (χ2n) is 4.92. The van der Waals surface area contributed by atoms with Gasteiger partial charge in [-0.05, 0) is 43.5 Å². The number of rotatable bonds is 4. The Morgan fingerprint density at radius 2 is 1.90 bits per heavy atom. The summed E-state index contributed by atoms with van der Waals surface area (Å²) in [5.74, 6) is 1.10. The van der Waals surface area contributed by atoms with Gasteiger partial charge in [0.1, 0.15) is 11.6 Å². The molecule has 0 amide bonds. The number of nitrogens with zero attached hydrogens (tertiary/aromatic N) is 2. The zero-order valence-corrected chi connectivity index (χ0v) is 13.6. The SMILES string of the molecule is COc1cc(C)c(S(=O)(=O)Nc2ccnn2C)c(C)c1C. The Morgan fingerprint density at radius 3 is 2.43 bits per heavy atom. The van der Waals surface area contributed by atoms with E-state index in [4.69, 9.17) is 4.74 Å². The van der Waals surface area contributed by atoms with Crippen molar-refractivity contribution in [2.24, 2.45) is 7.05 Å². The van der Waals surface area contributed by atoms with E-state index in [1.807, 2.05) is 6.92 Å². The molecule has 0 saturated heterocycles. The maximum absolute atomic E-state index is 12.7. The van der Waals surface area contributed by atoms with Crippen molar-refractivity contribution < 1.29 is 13.2 Å². The average molecular weight is 309 g/mol. The Hall–Kier alpha value is -2.02. The third-order valence-corrected chi connectivity index (χ3v) is 5.17. The molecule has 1 N–H and O–H groups in total. The largest absolute Gasteiger partial charge is 0.496 e. The summed E-state index contributed by atoms with van der Waals surface area (Å²) >= 11 is 0. The van der Waals surface area contributed by atoms with Gasteiger partial charge in [-0.1, -0.05) is 0 Å². The smallest absolute Gasteiger partial charge is 0.263 e. The zero-order valence-electron chi connectivity index (χ0n) is 12.8. The molecule has 0 aliphatic carbocycles. The van der Waals surface area contributed by atoms with Gasteiger partial charge < -0.3 is 4.74 Å². The number of anilines is 1. The van der Waals surface area contributed by atoms with Crippen LogP contribution in [0.15, 0.2) is 23.2 Å². The number of aromatic nitrogens is 2. The molecule has 0 atom stereocenters. The van der Waals surface area contributed by atoms with Gasteiger partial charge in [0.05, 0.1) is 18.2 Å². The summed E-state index contributed by atoms with van der Waals surface area (Å²) < 4.78 is 34.6. The molecule has 21 heavy (non-hydrogen) atoms. The fourth-order valence-corrected chi connectivity index (χ4v) is 3.93. The van der Waals surface area contributed by atoms with Crippen LogP contribution in [0.2, 0.25) is 0 Å². The Kier molecular flexibility index (Phi) is 3.95. The molecule has 2 rings (SSSR count). The minimum absolute atomic E-state index is 0.280. The zero-order chi connectivity index (χ0) is 15.8. The molecule has 6 nitrogen and oxygen atoms in total. The second-order valence-corrected chi connectivity index (χ2v) is 6.54. The van der Waals surface area contributed by atoms with Crippen molar-refractivity contribution in [3.05, 3.63) is 35.0 Å². The van der Waals surface area contributed by atoms with Crippen LogP contribution in [0.3, 0.4) is 0 Å². The lowest BCUT2D eigenvalue weighted by atomic mass is 10.1. The van der Waals surface area contributed by atoms with E-state index in [1.165, 1.54) is 10.9 Å². The summed E-state index contributed by atoms with van der Waals surface area (Å²) in [6.45, 7) is 5.38. The summed E-state index contributed by atoms with van der Waals surface area (Å²) in [4.78, 5) is 0.280. The van der Waals surface area contributed by atoms with Gasteiger partial charge in [0.15, 0.2) is 0 Å². The van der Waals surface area contributed by atoms with E-state index in [9.17, 15) is 8.42 Å². The quantitative estimate of drug-likeness (QED) is 0.939. The van der Waals surface area contributed by atoms with Crippen LogP contribution in [-0.2, 0) is 17.1 Å². The summed E-state index contributed by atoms with van der Waals surface area (Å²) in [7, 11) is -0.431. The predicted molar refractivity (Wildman–Crippen MR) is 81.2 cm³/mol. The lowest BCUT2D eigenvalue weighted by Crippen LogP contribution is -2.18. The highest BCUT2D eigenvalue weighted by Gasteiger charge is 2.23. The monoisotopic (exact) mass is 309 g/mol. The van der Waals surface area contributed by atoms with Crippen LogP contribution >= 0.6 is 0 Å². The van der Waals surface area contributed by atoms with Crippen LogP contribution in [-0.4, -0.2) is 25.3 Å². The van der Waals surface area contributed by atoms with E-state index in [0.29, 0.717) is 22.7 Å². The summed E-state index contributed by atoms with van der Waals surface area (Å²) in [6, 6.07) is 3.35. The number of ether oxygens (including phenoxy) is 1. The fourth-order valence-electron chi connectivity index (χ4n) is 2.31. The van der Waals surface area contributed by atoms with Crippen LogP contribution in [0.5, 0.6) is 5.75 Å². The molecule has 0 saturated carbocycles. The molecule has 0 aliphatic heterocycles. The third-order valence-electron chi connectivity index (χ3n) is 3.53. The van der Waals surface area contributed by atoms with Crippen LogP contribution in [0.4, 0.5) is 5.82 Å². The van der Waals surface area contributed by atoms with Crippen molar-refractivity contribution >= 4 is 15.8 Å².